The Hall–Kier alpha value is 0.800. The van der Waals surface area contributed by atoms with Gasteiger partial charge in [0, 0.05) is 0 Å². The lowest BCUT2D eigenvalue weighted by Gasteiger charge is -2.37. The third kappa shape index (κ3) is 12.5. The van der Waals surface area contributed by atoms with Gasteiger partial charge in [-0.15, -0.1) is 0 Å². The zero-order valence-electron chi connectivity index (χ0n) is 18.6. The van der Waals surface area contributed by atoms with E-state index in [1.165, 1.54) is 112 Å². The van der Waals surface area contributed by atoms with Gasteiger partial charge in [-0.05, 0) is 25.7 Å². The monoisotopic (exact) mass is 528 g/mol. The number of quaternary nitrogens is 2. The van der Waals surface area contributed by atoms with Gasteiger partial charge < -0.3 is 52.4 Å². The first-order valence-corrected chi connectivity index (χ1v) is 11.4. The summed E-state index contributed by atoms with van der Waals surface area (Å²) >= 11 is 0. The molecule has 0 N–H and O–H groups in total. The van der Waals surface area contributed by atoms with E-state index in [1.807, 2.05) is 0 Å². The van der Waals surface area contributed by atoms with Gasteiger partial charge in [0.15, 0.2) is 0 Å². The molecule has 0 aromatic heterocycles. The molecule has 2 saturated heterocycles. The van der Waals surface area contributed by atoms with Gasteiger partial charge in [0.25, 0.3) is 0 Å². The molecule has 0 atom stereocenters. The standard InChI is InChI=1S/C22H46N2O2.2BrH/c1-23(15-19-25-20-16-23)13-11-9-7-5-3-4-6-8-10-12-14-24(2)17-21-26-22-18-24;;/h3-22H2,1-2H3;2*1H/q+2;;/p-2. The summed E-state index contributed by atoms with van der Waals surface area (Å²) in [6, 6.07) is 0. The molecule has 28 heavy (non-hydrogen) atoms. The van der Waals surface area contributed by atoms with Gasteiger partial charge in [-0.3, -0.25) is 0 Å². The maximum Gasteiger partial charge on any atom is 0.102 e. The van der Waals surface area contributed by atoms with Gasteiger partial charge in [-0.2, -0.15) is 0 Å². The van der Waals surface area contributed by atoms with Gasteiger partial charge in [0.05, 0.1) is 53.6 Å². The molecule has 0 aliphatic carbocycles. The average molecular weight is 530 g/mol. The van der Waals surface area contributed by atoms with Crippen LogP contribution in [-0.2, 0) is 9.47 Å². The maximum atomic E-state index is 5.49. The number of morpholine rings is 2. The van der Waals surface area contributed by atoms with Gasteiger partial charge in [0.2, 0.25) is 0 Å². The van der Waals surface area contributed by atoms with Crippen LogP contribution >= 0.6 is 0 Å². The second-order valence-electron chi connectivity index (χ2n) is 9.34. The predicted molar refractivity (Wildman–Crippen MR) is 109 cm³/mol. The summed E-state index contributed by atoms with van der Waals surface area (Å²) in [6.07, 6.45) is 14.3. The molecule has 0 unspecified atom stereocenters. The van der Waals surface area contributed by atoms with E-state index >= 15 is 0 Å². The van der Waals surface area contributed by atoms with E-state index in [0.29, 0.717) is 0 Å². The molecule has 0 spiro atoms. The van der Waals surface area contributed by atoms with Crippen molar-refractivity contribution in [3.05, 3.63) is 0 Å². The molecular weight excluding hydrogens is 484 g/mol. The van der Waals surface area contributed by atoms with E-state index in [0.717, 1.165) is 26.4 Å². The fourth-order valence-corrected chi connectivity index (χ4v) is 4.42. The van der Waals surface area contributed by atoms with Crippen LogP contribution < -0.4 is 34.0 Å². The summed E-state index contributed by atoms with van der Waals surface area (Å²) in [5, 5.41) is 0. The first-order valence-electron chi connectivity index (χ1n) is 11.4. The molecule has 0 amide bonds. The fourth-order valence-electron chi connectivity index (χ4n) is 4.42. The lowest BCUT2D eigenvalue weighted by Crippen LogP contribution is -3.00. The maximum absolute atomic E-state index is 5.49. The number of hydrogen-bond acceptors (Lipinski definition) is 2. The summed E-state index contributed by atoms with van der Waals surface area (Å²) in [5.74, 6) is 0. The SMILES string of the molecule is C[N+]1(CCCCCCCCCCCC[N+]2(C)CCOCC2)CCOCC1.[Br-].[Br-]. The zero-order chi connectivity index (χ0) is 18.6. The number of unbranched alkanes of at least 4 members (excludes halogenated alkanes) is 9. The van der Waals surface area contributed by atoms with Crippen molar-refractivity contribution in [3.63, 3.8) is 0 Å². The lowest BCUT2D eigenvalue weighted by molar-refractivity contribution is -0.917. The molecule has 170 valence electrons. The van der Waals surface area contributed by atoms with E-state index in [2.05, 4.69) is 14.1 Å². The zero-order valence-corrected chi connectivity index (χ0v) is 21.8. The van der Waals surface area contributed by atoms with Gasteiger partial charge in [-0.25, -0.2) is 0 Å². The lowest BCUT2D eigenvalue weighted by atomic mass is 10.1. The molecule has 2 rings (SSSR count). The average Bonchev–Trinajstić information content (AvgIpc) is 2.64. The van der Waals surface area contributed by atoms with E-state index < -0.39 is 0 Å². The second-order valence-corrected chi connectivity index (χ2v) is 9.34. The Labute approximate surface area is 196 Å². The van der Waals surface area contributed by atoms with Crippen LogP contribution in [0, 0.1) is 0 Å². The highest BCUT2D eigenvalue weighted by Gasteiger charge is 2.25. The van der Waals surface area contributed by atoms with Crippen LogP contribution in [0.5, 0.6) is 0 Å². The Bertz CT molecular complexity index is 326. The second kappa shape index (κ2) is 16.5. The largest absolute Gasteiger partial charge is 1.00 e. The number of rotatable bonds is 13. The van der Waals surface area contributed by atoms with Crippen LogP contribution in [0.3, 0.4) is 0 Å². The molecule has 0 saturated carbocycles. The van der Waals surface area contributed by atoms with Crippen molar-refractivity contribution in [2.75, 3.05) is 79.8 Å². The highest BCUT2D eigenvalue weighted by molar-refractivity contribution is 4.52. The molecule has 2 fully saturated rings. The van der Waals surface area contributed by atoms with Gasteiger partial charge >= 0.3 is 0 Å². The van der Waals surface area contributed by atoms with Crippen LogP contribution in [0.2, 0.25) is 0 Å². The molecule has 2 aliphatic heterocycles. The molecule has 0 radical (unpaired) electrons. The van der Waals surface area contributed by atoms with Crippen molar-refractivity contribution in [1.29, 1.82) is 0 Å². The smallest absolute Gasteiger partial charge is 0.102 e. The minimum atomic E-state index is 0. The first kappa shape index (κ1) is 28.8. The summed E-state index contributed by atoms with van der Waals surface area (Å²) < 4.78 is 13.5. The summed E-state index contributed by atoms with van der Waals surface area (Å²) in [7, 11) is 4.81. The molecule has 2 heterocycles. The van der Waals surface area contributed by atoms with Crippen molar-refractivity contribution in [2.45, 2.75) is 64.2 Å². The molecule has 4 nitrogen and oxygen atoms in total. The van der Waals surface area contributed by atoms with Crippen molar-refractivity contribution in [3.8, 4) is 0 Å². The minimum Gasteiger partial charge on any atom is -1.00 e. The molecule has 6 heteroatoms. The van der Waals surface area contributed by atoms with Crippen molar-refractivity contribution in [2.24, 2.45) is 0 Å². The predicted octanol–water partition coefficient (Wildman–Crippen LogP) is -2.15. The van der Waals surface area contributed by atoms with Crippen LogP contribution in [0.4, 0.5) is 0 Å². The normalized spacial score (nSPS) is 20.8. The van der Waals surface area contributed by atoms with Gasteiger partial charge in [0.1, 0.15) is 26.2 Å². The molecule has 2 aliphatic rings. The summed E-state index contributed by atoms with van der Waals surface area (Å²) in [4.78, 5) is 0. The van der Waals surface area contributed by atoms with E-state index in [-0.39, 0.29) is 34.0 Å². The van der Waals surface area contributed by atoms with E-state index in [1.54, 1.807) is 0 Å². The number of hydrogen-bond donors (Lipinski definition) is 0. The van der Waals surface area contributed by atoms with Crippen LogP contribution in [-0.4, -0.2) is 88.8 Å². The number of ether oxygens (including phenoxy) is 2. The topological polar surface area (TPSA) is 18.5 Å². The molecule has 0 aromatic rings. The highest BCUT2D eigenvalue weighted by atomic mass is 79.9. The first-order chi connectivity index (χ1) is 12.6. The minimum absolute atomic E-state index is 0. The Morgan fingerprint density at radius 1 is 0.464 bits per heavy atom. The molecule has 0 bridgehead atoms. The Balaban J connectivity index is 0.00000364. The van der Waals surface area contributed by atoms with Crippen molar-refractivity contribution >= 4 is 0 Å². The van der Waals surface area contributed by atoms with Crippen molar-refractivity contribution in [1.82, 2.24) is 0 Å². The highest BCUT2D eigenvalue weighted by Crippen LogP contribution is 2.15. The van der Waals surface area contributed by atoms with E-state index in [9.17, 15) is 0 Å². The summed E-state index contributed by atoms with van der Waals surface area (Å²) in [6.45, 7) is 11.4. The number of likely N-dealkylation sites (N-methyl/N-ethyl adjacent to an activating group) is 2. The quantitative estimate of drug-likeness (QED) is 0.200. The summed E-state index contributed by atoms with van der Waals surface area (Å²) in [5.41, 5.74) is 0. The van der Waals surface area contributed by atoms with Crippen molar-refractivity contribution < 1.29 is 52.4 Å². The molecular formula is C22H46Br2N2O2. The number of nitrogens with zero attached hydrogens (tertiary/aromatic N) is 2. The van der Waals surface area contributed by atoms with Crippen LogP contribution in [0.1, 0.15) is 64.2 Å². The van der Waals surface area contributed by atoms with Crippen LogP contribution in [0.25, 0.3) is 0 Å². The Morgan fingerprint density at radius 2 is 0.714 bits per heavy atom. The third-order valence-corrected chi connectivity index (χ3v) is 6.75. The Kier molecular flexibility index (Phi) is 17.0. The third-order valence-electron chi connectivity index (χ3n) is 6.75. The van der Waals surface area contributed by atoms with Crippen LogP contribution in [0.15, 0.2) is 0 Å². The molecule has 0 aromatic carbocycles. The fraction of sp³-hybridized carbons (Fsp3) is 1.00. The number of halogens is 2. The van der Waals surface area contributed by atoms with E-state index in [4.69, 9.17) is 9.47 Å². The Morgan fingerprint density at radius 3 is 1.00 bits per heavy atom. The van der Waals surface area contributed by atoms with Gasteiger partial charge in [-0.1, -0.05) is 38.5 Å².